The monoisotopic (exact) mass is 388 g/mol. The third-order valence-corrected chi connectivity index (χ3v) is 5.42. The highest BCUT2D eigenvalue weighted by Gasteiger charge is 2.19. The summed E-state index contributed by atoms with van der Waals surface area (Å²) in [6, 6.07) is 5.68. The van der Waals surface area contributed by atoms with Crippen molar-refractivity contribution < 1.29 is 14.3 Å². The van der Waals surface area contributed by atoms with Crippen LogP contribution in [0.2, 0.25) is 0 Å². The average molecular weight is 388 g/mol. The van der Waals surface area contributed by atoms with Crippen LogP contribution in [0.1, 0.15) is 20.2 Å². The number of amides is 1. The van der Waals surface area contributed by atoms with Gasteiger partial charge in [0.1, 0.15) is 4.88 Å². The Bertz CT molecular complexity index is 879. The molecule has 0 radical (unpaired) electrons. The van der Waals surface area contributed by atoms with Gasteiger partial charge in [0, 0.05) is 23.8 Å². The number of hydrogen-bond donors (Lipinski definition) is 1. The summed E-state index contributed by atoms with van der Waals surface area (Å²) in [7, 11) is 0. The number of carbonyl (C=O) groups excluding carboxylic acids is 2. The Balaban J connectivity index is 1.50. The van der Waals surface area contributed by atoms with Crippen molar-refractivity contribution in [3.63, 3.8) is 0 Å². The van der Waals surface area contributed by atoms with Crippen molar-refractivity contribution in [1.82, 2.24) is 20.3 Å². The first-order chi connectivity index (χ1) is 12.6. The first kappa shape index (κ1) is 18.2. The first-order valence-corrected chi connectivity index (χ1v) is 9.54. The molecule has 0 saturated carbocycles. The molecule has 0 aliphatic heterocycles. The molecule has 0 fully saturated rings. The maximum absolute atomic E-state index is 12.2. The van der Waals surface area contributed by atoms with Crippen molar-refractivity contribution in [2.45, 2.75) is 13.3 Å². The molecule has 26 heavy (non-hydrogen) atoms. The quantitative estimate of drug-likeness (QED) is 0.625. The summed E-state index contributed by atoms with van der Waals surface area (Å²) < 4.78 is 5.09. The molecule has 0 unspecified atom stereocenters. The number of thiophene rings is 1. The lowest BCUT2D eigenvalue weighted by atomic mass is 10.3. The van der Waals surface area contributed by atoms with Crippen molar-refractivity contribution in [1.29, 1.82) is 0 Å². The molecule has 0 spiro atoms. The standard InChI is InChI=1S/C17H16N4O3S2/c1-11-14(26-16(21-11)15-19-6-3-7-20-15)17(23)24-10-13(22)18-8-5-12-4-2-9-25-12/h2-4,6-7,9H,5,8,10H2,1H3,(H,18,22). The minimum absolute atomic E-state index is 0.322. The van der Waals surface area contributed by atoms with Crippen LogP contribution in [0.15, 0.2) is 36.0 Å². The molecule has 3 heterocycles. The number of carbonyl (C=O) groups is 2. The maximum atomic E-state index is 12.2. The predicted octanol–water partition coefficient (Wildman–Crippen LogP) is 2.49. The number of ether oxygens (including phenoxy) is 1. The second-order valence-corrected chi connectivity index (χ2v) is 7.29. The van der Waals surface area contributed by atoms with E-state index in [2.05, 4.69) is 20.3 Å². The first-order valence-electron chi connectivity index (χ1n) is 7.84. The summed E-state index contributed by atoms with van der Waals surface area (Å²) in [4.78, 5) is 38.1. The van der Waals surface area contributed by atoms with Gasteiger partial charge in [-0.05, 0) is 30.9 Å². The van der Waals surface area contributed by atoms with Gasteiger partial charge < -0.3 is 10.1 Å². The normalized spacial score (nSPS) is 10.5. The van der Waals surface area contributed by atoms with Crippen LogP contribution in [0.25, 0.3) is 10.8 Å². The zero-order valence-electron chi connectivity index (χ0n) is 14.0. The van der Waals surface area contributed by atoms with E-state index in [1.807, 2.05) is 17.5 Å². The molecular formula is C17H16N4O3S2. The van der Waals surface area contributed by atoms with E-state index in [0.29, 0.717) is 27.9 Å². The van der Waals surface area contributed by atoms with E-state index < -0.39 is 5.97 Å². The third kappa shape index (κ3) is 4.70. The van der Waals surface area contributed by atoms with Crippen molar-refractivity contribution in [2.75, 3.05) is 13.2 Å². The summed E-state index contributed by atoms with van der Waals surface area (Å²) in [5.74, 6) is -0.453. The van der Waals surface area contributed by atoms with E-state index in [9.17, 15) is 9.59 Å². The molecule has 1 amide bonds. The molecule has 0 bridgehead atoms. The molecule has 134 valence electrons. The molecular weight excluding hydrogens is 372 g/mol. The number of nitrogens with zero attached hydrogens (tertiary/aromatic N) is 3. The summed E-state index contributed by atoms with van der Waals surface area (Å²) in [6.45, 7) is 1.89. The predicted molar refractivity (Wildman–Crippen MR) is 99.2 cm³/mol. The van der Waals surface area contributed by atoms with E-state index >= 15 is 0 Å². The van der Waals surface area contributed by atoms with E-state index in [0.717, 1.165) is 17.8 Å². The molecule has 9 heteroatoms. The van der Waals surface area contributed by atoms with Crippen molar-refractivity contribution in [2.24, 2.45) is 0 Å². The van der Waals surface area contributed by atoms with Crippen LogP contribution in [0.5, 0.6) is 0 Å². The number of nitrogens with one attached hydrogen (secondary N) is 1. The van der Waals surface area contributed by atoms with Crippen LogP contribution in [0.3, 0.4) is 0 Å². The lowest BCUT2D eigenvalue weighted by molar-refractivity contribution is -0.124. The highest BCUT2D eigenvalue weighted by Crippen LogP contribution is 2.25. The summed E-state index contributed by atoms with van der Waals surface area (Å²) in [5, 5.41) is 5.26. The zero-order chi connectivity index (χ0) is 18.4. The Morgan fingerprint density at radius 3 is 2.77 bits per heavy atom. The Morgan fingerprint density at radius 2 is 2.04 bits per heavy atom. The van der Waals surface area contributed by atoms with Gasteiger partial charge >= 0.3 is 5.97 Å². The molecule has 0 aliphatic carbocycles. The van der Waals surface area contributed by atoms with E-state index in [1.54, 1.807) is 36.7 Å². The minimum Gasteiger partial charge on any atom is -0.451 e. The van der Waals surface area contributed by atoms with Crippen LogP contribution < -0.4 is 5.32 Å². The van der Waals surface area contributed by atoms with Gasteiger partial charge in [-0.15, -0.1) is 22.7 Å². The van der Waals surface area contributed by atoms with Crippen LogP contribution in [-0.2, 0) is 16.0 Å². The lowest BCUT2D eigenvalue weighted by Crippen LogP contribution is -2.30. The van der Waals surface area contributed by atoms with Gasteiger partial charge in [-0.2, -0.15) is 0 Å². The Kier molecular flexibility index (Phi) is 6.03. The van der Waals surface area contributed by atoms with Gasteiger partial charge in [-0.25, -0.2) is 19.7 Å². The molecule has 0 aromatic carbocycles. The summed E-state index contributed by atoms with van der Waals surface area (Å²) in [5.41, 5.74) is 0.528. The van der Waals surface area contributed by atoms with Crippen LogP contribution in [-0.4, -0.2) is 40.0 Å². The Hall–Kier alpha value is -2.65. The van der Waals surface area contributed by atoms with Gasteiger partial charge in [0.05, 0.1) is 5.69 Å². The van der Waals surface area contributed by atoms with Gasteiger partial charge in [0.2, 0.25) is 0 Å². The van der Waals surface area contributed by atoms with Gasteiger partial charge in [0.25, 0.3) is 5.91 Å². The number of aromatic nitrogens is 3. The van der Waals surface area contributed by atoms with Crippen LogP contribution in [0, 0.1) is 6.92 Å². The summed E-state index contributed by atoms with van der Waals surface area (Å²) in [6.07, 6.45) is 3.97. The SMILES string of the molecule is Cc1nc(-c2ncccn2)sc1C(=O)OCC(=O)NCCc1cccs1. The van der Waals surface area contributed by atoms with Gasteiger partial charge in [0.15, 0.2) is 17.4 Å². The number of thiazole rings is 1. The fourth-order valence-electron chi connectivity index (χ4n) is 2.12. The van der Waals surface area contributed by atoms with Crippen LogP contribution >= 0.6 is 22.7 Å². The number of esters is 1. The smallest absolute Gasteiger partial charge is 0.350 e. The zero-order valence-corrected chi connectivity index (χ0v) is 15.6. The average Bonchev–Trinajstić information content (AvgIpc) is 3.30. The highest BCUT2D eigenvalue weighted by molar-refractivity contribution is 7.17. The maximum Gasteiger partial charge on any atom is 0.350 e. The minimum atomic E-state index is -0.574. The largest absolute Gasteiger partial charge is 0.451 e. The lowest BCUT2D eigenvalue weighted by Gasteiger charge is -2.05. The van der Waals surface area contributed by atoms with E-state index in [4.69, 9.17) is 4.74 Å². The molecule has 0 aliphatic rings. The van der Waals surface area contributed by atoms with E-state index in [1.165, 1.54) is 4.88 Å². The van der Waals surface area contributed by atoms with Crippen molar-refractivity contribution in [3.05, 3.63) is 51.4 Å². The fourth-order valence-corrected chi connectivity index (χ4v) is 3.74. The second kappa shape index (κ2) is 8.63. The van der Waals surface area contributed by atoms with Gasteiger partial charge in [-0.3, -0.25) is 4.79 Å². The van der Waals surface area contributed by atoms with E-state index in [-0.39, 0.29) is 12.5 Å². The topological polar surface area (TPSA) is 94.1 Å². The molecule has 3 aromatic heterocycles. The molecule has 7 nitrogen and oxygen atoms in total. The number of hydrogen-bond acceptors (Lipinski definition) is 8. The Morgan fingerprint density at radius 1 is 1.23 bits per heavy atom. The molecule has 3 aromatic rings. The van der Waals surface area contributed by atoms with Gasteiger partial charge in [-0.1, -0.05) is 6.07 Å². The second-order valence-electron chi connectivity index (χ2n) is 5.26. The number of rotatable bonds is 7. The van der Waals surface area contributed by atoms with Crippen LogP contribution in [0.4, 0.5) is 0 Å². The molecule has 1 N–H and O–H groups in total. The molecule has 3 rings (SSSR count). The highest BCUT2D eigenvalue weighted by atomic mass is 32.1. The number of aryl methyl sites for hydroxylation is 1. The fraction of sp³-hybridized carbons (Fsp3) is 0.235. The molecule has 0 saturated heterocycles. The molecule has 0 atom stereocenters. The van der Waals surface area contributed by atoms with Crippen molar-refractivity contribution in [3.8, 4) is 10.8 Å². The summed E-state index contributed by atoms with van der Waals surface area (Å²) >= 11 is 2.79. The third-order valence-electron chi connectivity index (χ3n) is 3.35. The van der Waals surface area contributed by atoms with Crippen molar-refractivity contribution >= 4 is 34.6 Å². The Labute approximate surface area is 158 Å².